The first-order chi connectivity index (χ1) is 15.2. The Kier molecular flexibility index (Phi) is 9.03. The smallest absolute Gasteiger partial charge is 0.407 e. The fraction of sp³-hybridized carbons (Fsp3) is 0.500. The second-order valence-corrected chi connectivity index (χ2v) is 8.62. The Morgan fingerprint density at radius 3 is 2.56 bits per heavy atom. The number of carbonyl (C=O) groups is 1. The summed E-state index contributed by atoms with van der Waals surface area (Å²) < 4.78 is 11.1. The second kappa shape index (κ2) is 11.5. The van der Waals surface area contributed by atoms with Crippen molar-refractivity contribution in [3.8, 4) is 0 Å². The van der Waals surface area contributed by atoms with E-state index in [2.05, 4.69) is 15.6 Å². The van der Waals surface area contributed by atoms with Gasteiger partial charge in [0.25, 0.3) is 0 Å². The SMILES string of the molecule is CC(C)(C)OC(=O)NCCCCOC1CN(c2cc(C(/C=C\N)=C/N)cc(NN)c2N)C1. The van der Waals surface area contributed by atoms with Gasteiger partial charge in [0.05, 0.1) is 23.2 Å². The minimum Gasteiger partial charge on any atom is -0.444 e. The van der Waals surface area contributed by atoms with Crippen molar-refractivity contribution in [2.24, 2.45) is 17.3 Å². The number of hydrogen-bond acceptors (Lipinski definition) is 9. The maximum atomic E-state index is 11.6. The van der Waals surface area contributed by atoms with Crippen molar-refractivity contribution in [1.29, 1.82) is 0 Å². The Bertz CT molecular complexity index is 828. The normalized spacial score (nSPS) is 15.0. The van der Waals surface area contributed by atoms with Gasteiger partial charge in [0.1, 0.15) is 5.60 Å². The maximum absolute atomic E-state index is 11.6. The molecule has 1 aliphatic heterocycles. The lowest BCUT2D eigenvalue weighted by molar-refractivity contribution is 0.0316. The number of nitrogen functional groups attached to an aromatic ring is 2. The highest BCUT2D eigenvalue weighted by atomic mass is 16.6. The fourth-order valence-electron chi connectivity index (χ4n) is 3.26. The van der Waals surface area contributed by atoms with Crippen LogP contribution in [0.3, 0.4) is 0 Å². The summed E-state index contributed by atoms with van der Waals surface area (Å²) in [5, 5.41) is 2.75. The minimum atomic E-state index is -0.490. The number of anilines is 3. The summed E-state index contributed by atoms with van der Waals surface area (Å²) >= 11 is 0. The van der Waals surface area contributed by atoms with E-state index < -0.39 is 11.7 Å². The van der Waals surface area contributed by atoms with Gasteiger partial charge in [-0.3, -0.25) is 5.84 Å². The lowest BCUT2D eigenvalue weighted by Crippen LogP contribution is -2.52. The van der Waals surface area contributed by atoms with E-state index in [1.54, 1.807) is 6.08 Å². The van der Waals surface area contributed by atoms with Crippen LogP contribution in [0.25, 0.3) is 5.57 Å². The van der Waals surface area contributed by atoms with Gasteiger partial charge in [-0.25, -0.2) is 4.79 Å². The number of unbranched alkanes of at least 4 members (excludes halogenated alkanes) is 1. The molecule has 0 aromatic heterocycles. The van der Waals surface area contributed by atoms with E-state index in [4.69, 9.17) is 32.5 Å². The van der Waals surface area contributed by atoms with Crippen LogP contribution in [0.5, 0.6) is 0 Å². The van der Waals surface area contributed by atoms with Crippen LogP contribution in [-0.4, -0.2) is 44.0 Å². The average molecular weight is 448 g/mol. The molecule has 1 heterocycles. The Hall–Kier alpha value is -3.11. The van der Waals surface area contributed by atoms with Crippen LogP contribution in [0, 0.1) is 0 Å². The molecule has 1 fully saturated rings. The summed E-state index contributed by atoms with van der Waals surface area (Å²) in [7, 11) is 0. The van der Waals surface area contributed by atoms with Crippen LogP contribution in [0.2, 0.25) is 0 Å². The highest BCUT2D eigenvalue weighted by Gasteiger charge is 2.29. The number of benzene rings is 1. The highest BCUT2D eigenvalue weighted by Crippen LogP contribution is 2.37. The standard InChI is InChI=1S/C22H37N7O3/c1-22(2,3)32-21(30)27-8-4-5-9-31-17-13-29(14-17)19-11-16(15(12-24)6-7-23)10-18(28-26)20(19)25/h6-7,10-12,17,28H,4-5,8-9,13-14,23-26H2,1-3H3,(H,27,30)/b7-6-,15-12+. The van der Waals surface area contributed by atoms with Gasteiger partial charge in [0, 0.05) is 32.4 Å². The van der Waals surface area contributed by atoms with Gasteiger partial charge < -0.3 is 42.3 Å². The van der Waals surface area contributed by atoms with Crippen molar-refractivity contribution in [3.05, 3.63) is 36.2 Å². The quantitative estimate of drug-likeness (QED) is 0.103. The molecule has 0 unspecified atom stereocenters. The number of amides is 1. The fourth-order valence-corrected chi connectivity index (χ4v) is 3.26. The molecule has 0 bridgehead atoms. The first-order valence-corrected chi connectivity index (χ1v) is 10.7. The zero-order valence-corrected chi connectivity index (χ0v) is 19.2. The number of hydrazine groups is 1. The second-order valence-electron chi connectivity index (χ2n) is 8.62. The third kappa shape index (κ3) is 7.24. The van der Waals surface area contributed by atoms with Crippen LogP contribution in [-0.2, 0) is 9.47 Å². The van der Waals surface area contributed by atoms with E-state index in [9.17, 15) is 4.79 Å². The largest absolute Gasteiger partial charge is 0.444 e. The topological polar surface area (TPSA) is 167 Å². The molecule has 10 heteroatoms. The summed E-state index contributed by atoms with van der Waals surface area (Å²) in [6.45, 7) is 8.15. The number of rotatable bonds is 10. The van der Waals surface area contributed by atoms with Crippen molar-refractivity contribution >= 4 is 28.7 Å². The zero-order valence-electron chi connectivity index (χ0n) is 19.2. The van der Waals surface area contributed by atoms with Gasteiger partial charge >= 0.3 is 6.09 Å². The van der Waals surface area contributed by atoms with Crippen molar-refractivity contribution in [2.45, 2.75) is 45.3 Å². The molecule has 1 amide bonds. The van der Waals surface area contributed by atoms with Gasteiger partial charge in [-0.2, -0.15) is 0 Å². The van der Waals surface area contributed by atoms with E-state index in [1.807, 2.05) is 32.9 Å². The third-order valence-electron chi connectivity index (χ3n) is 4.88. The van der Waals surface area contributed by atoms with E-state index >= 15 is 0 Å². The summed E-state index contributed by atoms with van der Waals surface area (Å²) in [6.07, 6.45) is 6.03. The van der Waals surface area contributed by atoms with Crippen molar-refractivity contribution in [2.75, 3.05) is 42.3 Å². The summed E-state index contributed by atoms with van der Waals surface area (Å²) in [5.41, 5.74) is 23.3. The number of allylic oxidation sites excluding steroid dienone is 2. The van der Waals surface area contributed by atoms with Crippen LogP contribution in [0.15, 0.2) is 30.6 Å². The Balaban J connectivity index is 1.79. The summed E-state index contributed by atoms with van der Waals surface area (Å²) in [5.74, 6) is 5.64. The molecule has 2 rings (SSSR count). The van der Waals surface area contributed by atoms with Gasteiger partial charge in [0.2, 0.25) is 0 Å². The van der Waals surface area contributed by atoms with Crippen molar-refractivity contribution in [3.63, 3.8) is 0 Å². The monoisotopic (exact) mass is 447 g/mol. The van der Waals surface area contributed by atoms with Crippen LogP contribution < -0.4 is 38.7 Å². The molecule has 1 aliphatic rings. The number of nitrogens with two attached hydrogens (primary N) is 4. The summed E-state index contributed by atoms with van der Waals surface area (Å²) in [4.78, 5) is 13.7. The Labute approximate surface area is 189 Å². The number of nitrogens with one attached hydrogen (secondary N) is 2. The molecule has 0 radical (unpaired) electrons. The highest BCUT2D eigenvalue weighted by molar-refractivity contribution is 5.88. The zero-order chi connectivity index (χ0) is 23.7. The lowest BCUT2D eigenvalue weighted by atomic mass is 10.0. The van der Waals surface area contributed by atoms with Crippen LogP contribution in [0.4, 0.5) is 21.9 Å². The van der Waals surface area contributed by atoms with Gasteiger partial charge in [-0.15, -0.1) is 0 Å². The van der Waals surface area contributed by atoms with E-state index in [0.717, 1.165) is 42.8 Å². The molecule has 0 saturated carbocycles. The van der Waals surface area contributed by atoms with E-state index in [-0.39, 0.29) is 6.10 Å². The molecule has 10 N–H and O–H groups in total. The minimum absolute atomic E-state index is 0.125. The number of ether oxygens (including phenoxy) is 2. The summed E-state index contributed by atoms with van der Waals surface area (Å²) in [6, 6.07) is 3.80. The molecule has 1 aromatic rings. The number of hydrogen-bond donors (Lipinski definition) is 6. The Morgan fingerprint density at radius 1 is 1.25 bits per heavy atom. The Morgan fingerprint density at radius 2 is 1.97 bits per heavy atom. The van der Waals surface area contributed by atoms with Crippen LogP contribution in [0.1, 0.15) is 39.2 Å². The molecule has 10 nitrogen and oxygen atoms in total. The van der Waals surface area contributed by atoms with E-state index in [0.29, 0.717) is 24.5 Å². The van der Waals surface area contributed by atoms with Crippen molar-refractivity contribution in [1.82, 2.24) is 5.32 Å². The molecule has 178 valence electrons. The predicted molar refractivity (Wildman–Crippen MR) is 130 cm³/mol. The third-order valence-corrected chi connectivity index (χ3v) is 4.88. The molecule has 1 aromatic carbocycles. The number of nitrogens with zero attached hydrogens (tertiary/aromatic N) is 1. The average Bonchev–Trinajstić information content (AvgIpc) is 2.69. The van der Waals surface area contributed by atoms with Gasteiger partial charge in [0.15, 0.2) is 0 Å². The van der Waals surface area contributed by atoms with Gasteiger partial charge in [-0.05, 0) is 69.2 Å². The molecule has 0 aliphatic carbocycles. The first-order valence-electron chi connectivity index (χ1n) is 10.7. The molecule has 0 atom stereocenters. The first kappa shape index (κ1) is 25.2. The maximum Gasteiger partial charge on any atom is 0.407 e. The van der Waals surface area contributed by atoms with Gasteiger partial charge in [-0.1, -0.05) is 0 Å². The lowest BCUT2D eigenvalue weighted by Gasteiger charge is -2.41. The molecule has 0 spiro atoms. The number of alkyl carbamates (subject to hydrolysis) is 1. The molecule has 32 heavy (non-hydrogen) atoms. The van der Waals surface area contributed by atoms with E-state index in [1.165, 1.54) is 12.4 Å². The molecular formula is C22H37N7O3. The van der Waals surface area contributed by atoms with Crippen molar-refractivity contribution < 1.29 is 14.3 Å². The van der Waals surface area contributed by atoms with Crippen LogP contribution >= 0.6 is 0 Å². The number of carbonyl (C=O) groups excluding carboxylic acids is 1. The molecular weight excluding hydrogens is 410 g/mol. The molecule has 1 saturated heterocycles. The predicted octanol–water partition coefficient (Wildman–Crippen LogP) is 1.84.